The van der Waals surface area contributed by atoms with E-state index in [0.29, 0.717) is 6.54 Å². The van der Waals surface area contributed by atoms with Crippen molar-refractivity contribution in [3.63, 3.8) is 0 Å². The molecule has 0 spiro atoms. The lowest BCUT2D eigenvalue weighted by molar-refractivity contribution is 0.0631. The molecule has 24 heavy (non-hydrogen) atoms. The van der Waals surface area contributed by atoms with Gasteiger partial charge in [-0.15, -0.1) is 0 Å². The van der Waals surface area contributed by atoms with Crippen LogP contribution in [0.2, 0.25) is 0 Å². The van der Waals surface area contributed by atoms with Gasteiger partial charge >= 0.3 is 0 Å². The molecule has 4 heteroatoms. The van der Waals surface area contributed by atoms with E-state index in [0.717, 1.165) is 41.1 Å². The normalized spacial score (nSPS) is 17.6. The zero-order valence-corrected chi connectivity index (χ0v) is 14.5. The molecule has 0 radical (unpaired) electrons. The fourth-order valence-corrected chi connectivity index (χ4v) is 3.43. The van der Waals surface area contributed by atoms with Gasteiger partial charge < -0.3 is 15.0 Å². The van der Waals surface area contributed by atoms with E-state index in [4.69, 9.17) is 4.74 Å². The van der Waals surface area contributed by atoms with Crippen molar-refractivity contribution >= 4 is 5.91 Å². The van der Waals surface area contributed by atoms with Crippen molar-refractivity contribution in [2.24, 2.45) is 0 Å². The van der Waals surface area contributed by atoms with Crippen LogP contribution in [-0.4, -0.2) is 37.6 Å². The standard InChI is InChI=1S/C20H24N2O2/c1-14-10-15(2)12-16(11-14)20(23)22-9-8-21-13-18(22)17-6-4-5-7-19(17)24-3/h4-7,10-12,18,21H,8-9,13H2,1-3H3. The molecule has 1 aliphatic rings. The summed E-state index contributed by atoms with van der Waals surface area (Å²) in [5, 5.41) is 3.39. The van der Waals surface area contributed by atoms with E-state index in [9.17, 15) is 4.79 Å². The van der Waals surface area contributed by atoms with E-state index in [1.54, 1.807) is 7.11 Å². The van der Waals surface area contributed by atoms with E-state index in [2.05, 4.69) is 11.4 Å². The predicted molar refractivity (Wildman–Crippen MR) is 95.6 cm³/mol. The van der Waals surface area contributed by atoms with Gasteiger partial charge in [-0.05, 0) is 32.0 Å². The van der Waals surface area contributed by atoms with E-state index in [1.807, 2.05) is 55.1 Å². The van der Waals surface area contributed by atoms with Gasteiger partial charge in [0.2, 0.25) is 0 Å². The number of methoxy groups -OCH3 is 1. The van der Waals surface area contributed by atoms with Crippen LogP contribution in [0.15, 0.2) is 42.5 Å². The lowest BCUT2D eigenvalue weighted by Gasteiger charge is -2.37. The Hall–Kier alpha value is -2.33. The zero-order chi connectivity index (χ0) is 17.1. The van der Waals surface area contributed by atoms with Gasteiger partial charge in [0.15, 0.2) is 0 Å². The number of carbonyl (C=O) groups is 1. The summed E-state index contributed by atoms with van der Waals surface area (Å²) in [5.41, 5.74) is 4.03. The molecule has 1 N–H and O–H groups in total. The van der Waals surface area contributed by atoms with E-state index in [1.165, 1.54) is 0 Å². The Kier molecular flexibility index (Phi) is 4.86. The predicted octanol–water partition coefficient (Wildman–Crippen LogP) is 3.10. The number of rotatable bonds is 3. The Balaban J connectivity index is 1.96. The summed E-state index contributed by atoms with van der Waals surface area (Å²) in [7, 11) is 1.67. The Morgan fingerprint density at radius 3 is 2.58 bits per heavy atom. The van der Waals surface area contributed by atoms with Crippen molar-refractivity contribution in [2.75, 3.05) is 26.7 Å². The zero-order valence-electron chi connectivity index (χ0n) is 14.5. The van der Waals surface area contributed by atoms with Crippen molar-refractivity contribution in [1.82, 2.24) is 10.2 Å². The van der Waals surface area contributed by atoms with Crippen molar-refractivity contribution in [3.8, 4) is 5.75 Å². The third kappa shape index (κ3) is 3.29. The summed E-state index contributed by atoms with van der Waals surface area (Å²) in [5.74, 6) is 0.906. The highest BCUT2D eigenvalue weighted by molar-refractivity contribution is 5.95. The Labute approximate surface area is 143 Å². The molecule has 0 bridgehead atoms. The number of carbonyl (C=O) groups excluding carboxylic acids is 1. The lowest BCUT2D eigenvalue weighted by Crippen LogP contribution is -2.48. The van der Waals surface area contributed by atoms with Gasteiger partial charge in [0, 0.05) is 30.8 Å². The molecule has 0 saturated carbocycles. The number of ether oxygens (including phenoxy) is 1. The van der Waals surface area contributed by atoms with Gasteiger partial charge in [0.25, 0.3) is 5.91 Å². The summed E-state index contributed by atoms with van der Waals surface area (Å²) in [6, 6.07) is 13.9. The Bertz CT molecular complexity index is 722. The average Bonchev–Trinajstić information content (AvgIpc) is 2.60. The van der Waals surface area contributed by atoms with E-state index >= 15 is 0 Å². The summed E-state index contributed by atoms with van der Waals surface area (Å²) in [4.78, 5) is 15.1. The molecule has 2 aromatic rings. The maximum Gasteiger partial charge on any atom is 0.254 e. The first-order valence-corrected chi connectivity index (χ1v) is 8.33. The molecule has 1 unspecified atom stereocenters. The number of amides is 1. The average molecular weight is 324 g/mol. The summed E-state index contributed by atoms with van der Waals surface area (Å²) in [6.07, 6.45) is 0. The highest BCUT2D eigenvalue weighted by Gasteiger charge is 2.30. The molecule has 1 amide bonds. The molecular formula is C20H24N2O2. The quantitative estimate of drug-likeness (QED) is 0.943. The van der Waals surface area contributed by atoms with Crippen molar-refractivity contribution in [2.45, 2.75) is 19.9 Å². The number of piperazine rings is 1. The second-order valence-electron chi connectivity index (χ2n) is 6.34. The minimum absolute atomic E-state index is 0.0248. The lowest BCUT2D eigenvalue weighted by atomic mass is 10.00. The molecule has 2 aromatic carbocycles. The first-order valence-electron chi connectivity index (χ1n) is 8.33. The van der Waals surface area contributed by atoms with Crippen LogP contribution in [-0.2, 0) is 0 Å². The maximum atomic E-state index is 13.1. The van der Waals surface area contributed by atoms with Gasteiger partial charge in [-0.1, -0.05) is 35.4 Å². The van der Waals surface area contributed by atoms with Crippen molar-refractivity contribution in [3.05, 3.63) is 64.7 Å². The highest BCUT2D eigenvalue weighted by Crippen LogP contribution is 2.31. The molecule has 126 valence electrons. The smallest absolute Gasteiger partial charge is 0.254 e. The molecule has 4 nitrogen and oxygen atoms in total. The molecule has 1 fully saturated rings. The number of benzene rings is 2. The van der Waals surface area contributed by atoms with Crippen molar-refractivity contribution in [1.29, 1.82) is 0 Å². The van der Waals surface area contributed by atoms with Crippen LogP contribution in [0.4, 0.5) is 0 Å². The van der Waals surface area contributed by atoms with Gasteiger partial charge in [-0.25, -0.2) is 0 Å². The number of hydrogen-bond donors (Lipinski definition) is 1. The van der Waals surface area contributed by atoms with Crippen LogP contribution in [0, 0.1) is 13.8 Å². The SMILES string of the molecule is COc1ccccc1C1CNCCN1C(=O)c1cc(C)cc(C)c1. The second-order valence-corrected chi connectivity index (χ2v) is 6.34. The third-order valence-corrected chi connectivity index (χ3v) is 4.47. The van der Waals surface area contributed by atoms with E-state index in [-0.39, 0.29) is 11.9 Å². The number of nitrogens with one attached hydrogen (secondary N) is 1. The van der Waals surface area contributed by atoms with Gasteiger partial charge in [0.1, 0.15) is 5.75 Å². The van der Waals surface area contributed by atoms with Gasteiger partial charge in [0.05, 0.1) is 13.2 Å². The van der Waals surface area contributed by atoms with Gasteiger partial charge in [-0.3, -0.25) is 4.79 Å². The molecule has 1 aliphatic heterocycles. The van der Waals surface area contributed by atoms with Crippen LogP contribution in [0.1, 0.15) is 33.1 Å². The minimum atomic E-state index is -0.0248. The van der Waals surface area contributed by atoms with Crippen molar-refractivity contribution < 1.29 is 9.53 Å². The third-order valence-electron chi connectivity index (χ3n) is 4.47. The molecule has 3 rings (SSSR count). The molecule has 1 saturated heterocycles. The fraction of sp³-hybridized carbons (Fsp3) is 0.350. The van der Waals surface area contributed by atoms with Crippen LogP contribution >= 0.6 is 0 Å². The largest absolute Gasteiger partial charge is 0.496 e. The number of nitrogens with zero attached hydrogens (tertiary/aromatic N) is 1. The monoisotopic (exact) mass is 324 g/mol. The Morgan fingerprint density at radius 2 is 1.88 bits per heavy atom. The van der Waals surface area contributed by atoms with Gasteiger partial charge in [-0.2, -0.15) is 0 Å². The molecule has 1 atom stereocenters. The molecular weight excluding hydrogens is 300 g/mol. The summed E-state index contributed by atoms with van der Waals surface area (Å²) >= 11 is 0. The van der Waals surface area contributed by atoms with Crippen LogP contribution < -0.4 is 10.1 Å². The topological polar surface area (TPSA) is 41.6 Å². The Morgan fingerprint density at radius 1 is 1.17 bits per heavy atom. The first kappa shape index (κ1) is 16.5. The summed E-state index contributed by atoms with van der Waals surface area (Å²) < 4.78 is 5.50. The first-order chi connectivity index (χ1) is 11.6. The number of aryl methyl sites for hydroxylation is 2. The highest BCUT2D eigenvalue weighted by atomic mass is 16.5. The number of hydrogen-bond acceptors (Lipinski definition) is 3. The molecule has 1 heterocycles. The number of para-hydroxylation sites is 1. The fourth-order valence-electron chi connectivity index (χ4n) is 3.43. The molecule has 0 aliphatic carbocycles. The van der Waals surface area contributed by atoms with E-state index < -0.39 is 0 Å². The second kappa shape index (κ2) is 7.05. The maximum absolute atomic E-state index is 13.1. The summed E-state index contributed by atoms with van der Waals surface area (Å²) in [6.45, 7) is 6.28. The molecule has 0 aromatic heterocycles. The minimum Gasteiger partial charge on any atom is -0.496 e. The van der Waals surface area contributed by atoms with Crippen LogP contribution in [0.5, 0.6) is 5.75 Å². The van der Waals surface area contributed by atoms with Crippen LogP contribution in [0.3, 0.4) is 0 Å². The van der Waals surface area contributed by atoms with Crippen LogP contribution in [0.25, 0.3) is 0 Å².